The quantitative estimate of drug-likeness (QED) is 0.0344. The fraction of sp³-hybridized carbons (Fsp3) is 0.949. The van der Waals surface area contributed by atoms with E-state index in [9.17, 15) is 14.4 Å². The molecule has 0 bridgehead atoms. The number of carbonyl (C=O) groups excluding carboxylic acids is 3. The van der Waals surface area contributed by atoms with Gasteiger partial charge in [-0.1, -0.05) is 291 Å². The molecule has 0 rings (SSSR count). The summed E-state index contributed by atoms with van der Waals surface area (Å²) < 4.78 is 16.9. The van der Waals surface area contributed by atoms with Crippen molar-refractivity contribution in [2.45, 2.75) is 336 Å². The van der Waals surface area contributed by atoms with Gasteiger partial charge in [0.1, 0.15) is 13.2 Å². The van der Waals surface area contributed by atoms with Gasteiger partial charge in [-0.2, -0.15) is 0 Å². The molecule has 0 fully saturated rings. The van der Waals surface area contributed by atoms with Gasteiger partial charge in [-0.25, -0.2) is 0 Å². The average Bonchev–Trinajstić information content (AvgIpc) is 3.29. The highest BCUT2D eigenvalue weighted by atomic mass is 16.6. The molecule has 0 saturated heterocycles. The van der Waals surface area contributed by atoms with Crippen LogP contribution in [0.5, 0.6) is 0 Å². The van der Waals surface area contributed by atoms with Gasteiger partial charge < -0.3 is 14.2 Å². The summed E-state index contributed by atoms with van der Waals surface area (Å²) in [4.78, 5) is 38.1. The lowest BCUT2D eigenvalue weighted by Gasteiger charge is -2.18. The second-order valence-corrected chi connectivity index (χ2v) is 21.0. The number of esters is 3. The number of hydrogen-bond donors (Lipinski definition) is 0. The van der Waals surface area contributed by atoms with Crippen molar-refractivity contribution in [3.63, 3.8) is 0 Å². The van der Waals surface area contributed by atoms with Crippen LogP contribution in [0.1, 0.15) is 330 Å². The number of rotatable bonds is 53. The predicted molar refractivity (Wildman–Crippen MR) is 280 cm³/mol. The largest absolute Gasteiger partial charge is 0.462 e. The highest BCUT2D eigenvalue weighted by molar-refractivity contribution is 5.71. The third-order valence-corrected chi connectivity index (χ3v) is 13.8. The Morgan fingerprint density at radius 3 is 0.877 bits per heavy atom. The molecule has 6 nitrogen and oxygen atoms in total. The molecule has 0 heterocycles. The zero-order chi connectivity index (χ0) is 47.5. The summed E-state index contributed by atoms with van der Waals surface area (Å²) in [6.45, 7) is 11.5. The van der Waals surface area contributed by atoms with Gasteiger partial charge in [0, 0.05) is 19.3 Å². The molecule has 0 spiro atoms. The van der Waals surface area contributed by atoms with Crippen LogP contribution >= 0.6 is 0 Å². The lowest BCUT2D eigenvalue weighted by molar-refractivity contribution is -0.167. The Balaban J connectivity index is 4.23. The SMILES string of the molecule is CCCCCCCCCCCCC(=O)OC[C@H](COC(=O)CCCCCCCCCCCCCCCCCCC(C)C)OC(=O)CCCCCCCCCCCCCCCCC(C)CC. The van der Waals surface area contributed by atoms with E-state index in [0.717, 1.165) is 69.6 Å². The van der Waals surface area contributed by atoms with Crippen LogP contribution < -0.4 is 0 Å². The van der Waals surface area contributed by atoms with Crippen molar-refractivity contribution in [1.29, 1.82) is 0 Å². The van der Waals surface area contributed by atoms with Gasteiger partial charge in [0.25, 0.3) is 0 Å². The van der Waals surface area contributed by atoms with Gasteiger partial charge in [-0.3, -0.25) is 14.4 Å². The van der Waals surface area contributed by atoms with E-state index < -0.39 is 6.10 Å². The molecule has 0 aromatic heterocycles. The minimum atomic E-state index is -0.762. The van der Waals surface area contributed by atoms with Gasteiger partial charge in [-0.05, 0) is 31.1 Å². The zero-order valence-electron chi connectivity index (χ0n) is 44.6. The molecular formula is C59H114O6. The van der Waals surface area contributed by atoms with Gasteiger partial charge in [0.2, 0.25) is 0 Å². The molecule has 0 amide bonds. The predicted octanol–water partition coefficient (Wildman–Crippen LogP) is 19.3. The van der Waals surface area contributed by atoms with Crippen molar-refractivity contribution >= 4 is 17.9 Å². The Bertz CT molecular complexity index is 995. The van der Waals surface area contributed by atoms with Gasteiger partial charge in [0.15, 0.2) is 6.10 Å². The maximum atomic E-state index is 12.8. The van der Waals surface area contributed by atoms with Crippen LogP contribution in [-0.4, -0.2) is 37.2 Å². The van der Waals surface area contributed by atoms with Crippen LogP contribution in [0.2, 0.25) is 0 Å². The summed E-state index contributed by atoms with van der Waals surface area (Å²) in [7, 11) is 0. The van der Waals surface area contributed by atoms with Crippen molar-refractivity contribution in [3.8, 4) is 0 Å². The Kier molecular flexibility index (Phi) is 50.5. The third-order valence-electron chi connectivity index (χ3n) is 13.8. The van der Waals surface area contributed by atoms with Gasteiger partial charge in [0.05, 0.1) is 0 Å². The Morgan fingerprint density at radius 1 is 0.323 bits per heavy atom. The highest BCUT2D eigenvalue weighted by Crippen LogP contribution is 2.19. The molecule has 0 saturated carbocycles. The van der Waals surface area contributed by atoms with Crippen LogP contribution in [0.4, 0.5) is 0 Å². The lowest BCUT2D eigenvalue weighted by atomic mass is 9.99. The molecule has 0 aliphatic rings. The molecule has 0 aromatic rings. The van der Waals surface area contributed by atoms with E-state index in [1.54, 1.807) is 0 Å². The summed E-state index contributed by atoms with van der Waals surface area (Å²) in [5.74, 6) is 0.907. The Morgan fingerprint density at radius 2 is 0.585 bits per heavy atom. The molecule has 1 unspecified atom stereocenters. The average molecular weight is 920 g/mol. The van der Waals surface area contributed by atoms with Crippen LogP contribution in [0.15, 0.2) is 0 Å². The fourth-order valence-electron chi connectivity index (χ4n) is 9.02. The first kappa shape index (κ1) is 63.4. The van der Waals surface area contributed by atoms with Crippen molar-refractivity contribution in [3.05, 3.63) is 0 Å². The highest BCUT2D eigenvalue weighted by Gasteiger charge is 2.19. The molecule has 65 heavy (non-hydrogen) atoms. The topological polar surface area (TPSA) is 78.9 Å². The van der Waals surface area contributed by atoms with Crippen LogP contribution in [0.25, 0.3) is 0 Å². The van der Waals surface area contributed by atoms with Gasteiger partial charge in [-0.15, -0.1) is 0 Å². The summed E-state index contributed by atoms with van der Waals surface area (Å²) in [6, 6.07) is 0. The molecular weight excluding hydrogens is 805 g/mol. The van der Waals surface area contributed by atoms with E-state index in [-0.39, 0.29) is 31.1 Å². The molecule has 0 aliphatic heterocycles. The fourth-order valence-corrected chi connectivity index (χ4v) is 9.02. The maximum absolute atomic E-state index is 12.8. The van der Waals surface area contributed by atoms with E-state index in [4.69, 9.17) is 14.2 Å². The van der Waals surface area contributed by atoms with E-state index in [1.165, 1.54) is 218 Å². The number of carbonyl (C=O) groups is 3. The summed E-state index contributed by atoms with van der Waals surface area (Å²) in [6.07, 6.45) is 55.2. The molecule has 0 radical (unpaired) electrons. The second kappa shape index (κ2) is 51.8. The minimum Gasteiger partial charge on any atom is -0.462 e. The van der Waals surface area contributed by atoms with Crippen LogP contribution in [0, 0.1) is 11.8 Å². The van der Waals surface area contributed by atoms with E-state index in [1.807, 2.05) is 0 Å². The Labute approximate surface area is 406 Å². The summed E-state index contributed by atoms with van der Waals surface area (Å²) in [5.41, 5.74) is 0. The first-order chi connectivity index (χ1) is 31.8. The minimum absolute atomic E-state index is 0.0626. The molecule has 0 aromatic carbocycles. The monoisotopic (exact) mass is 919 g/mol. The zero-order valence-corrected chi connectivity index (χ0v) is 44.6. The maximum Gasteiger partial charge on any atom is 0.306 e. The number of unbranched alkanes of at least 4 members (excludes halogenated alkanes) is 37. The molecule has 6 heteroatoms. The number of ether oxygens (including phenoxy) is 3. The first-order valence-electron chi connectivity index (χ1n) is 29.3. The number of hydrogen-bond acceptors (Lipinski definition) is 6. The first-order valence-corrected chi connectivity index (χ1v) is 29.3. The molecule has 0 N–H and O–H groups in total. The van der Waals surface area contributed by atoms with Crippen molar-refractivity contribution in [2.75, 3.05) is 13.2 Å². The Hall–Kier alpha value is -1.59. The third kappa shape index (κ3) is 51.6. The van der Waals surface area contributed by atoms with Crippen molar-refractivity contribution in [1.82, 2.24) is 0 Å². The molecule has 2 atom stereocenters. The lowest BCUT2D eigenvalue weighted by Crippen LogP contribution is -2.30. The molecule has 0 aliphatic carbocycles. The second-order valence-electron chi connectivity index (χ2n) is 21.0. The van der Waals surface area contributed by atoms with E-state index in [0.29, 0.717) is 19.3 Å². The molecule has 386 valence electrons. The normalized spacial score (nSPS) is 12.5. The van der Waals surface area contributed by atoms with Gasteiger partial charge >= 0.3 is 17.9 Å². The van der Waals surface area contributed by atoms with E-state index >= 15 is 0 Å². The van der Waals surface area contributed by atoms with E-state index in [2.05, 4.69) is 34.6 Å². The van der Waals surface area contributed by atoms with Crippen molar-refractivity contribution in [2.24, 2.45) is 11.8 Å². The summed E-state index contributed by atoms with van der Waals surface area (Å²) in [5, 5.41) is 0. The summed E-state index contributed by atoms with van der Waals surface area (Å²) >= 11 is 0. The van der Waals surface area contributed by atoms with Crippen LogP contribution in [0.3, 0.4) is 0 Å². The van der Waals surface area contributed by atoms with Crippen LogP contribution in [-0.2, 0) is 28.6 Å². The standard InChI is InChI=1S/C59H114O6/c1-6-8-9-10-11-12-29-34-39-44-49-57(60)63-52-56(65-59(62)51-46-41-36-31-26-22-18-17-20-24-28-33-38-43-48-55(5)7-2)53-64-58(61)50-45-40-35-30-25-21-16-14-13-15-19-23-27-32-37-42-47-54(3)4/h54-56H,6-53H2,1-5H3/t55?,56-/m1/s1. The smallest absolute Gasteiger partial charge is 0.306 e. The van der Waals surface area contributed by atoms with Crippen molar-refractivity contribution < 1.29 is 28.6 Å².